The maximum Gasteiger partial charge on any atom is 0.243 e. The number of hydrogen-bond acceptors (Lipinski definition) is 5. The predicted molar refractivity (Wildman–Crippen MR) is 125 cm³/mol. The summed E-state index contributed by atoms with van der Waals surface area (Å²) in [6, 6.07) is 11.8. The van der Waals surface area contributed by atoms with Crippen LogP contribution >= 0.6 is 11.6 Å². The lowest BCUT2D eigenvalue weighted by Gasteiger charge is -2.26. The molecule has 176 valence electrons. The first-order valence-corrected chi connectivity index (χ1v) is 12.5. The smallest absolute Gasteiger partial charge is 0.243 e. The molecule has 2 aromatic carbocycles. The van der Waals surface area contributed by atoms with Gasteiger partial charge in [0, 0.05) is 30.3 Å². The minimum absolute atomic E-state index is 0.137. The molecule has 4 rings (SSSR count). The molecule has 2 amide bonds. The summed E-state index contributed by atoms with van der Waals surface area (Å²) in [6.07, 6.45) is 0. The summed E-state index contributed by atoms with van der Waals surface area (Å²) in [7, 11) is -3.70. The molecule has 33 heavy (non-hydrogen) atoms. The average Bonchev–Trinajstić information content (AvgIpc) is 2.99. The maximum atomic E-state index is 13.1. The first-order chi connectivity index (χ1) is 15.6. The van der Waals surface area contributed by atoms with Crippen molar-refractivity contribution in [3.8, 4) is 0 Å². The molecular formula is C23H26ClN3O5S. The molecule has 0 aliphatic carbocycles. The van der Waals surface area contributed by atoms with Crippen LogP contribution in [0.15, 0.2) is 47.4 Å². The van der Waals surface area contributed by atoms with Gasteiger partial charge in [-0.2, -0.15) is 4.31 Å². The molecule has 2 aliphatic heterocycles. The summed E-state index contributed by atoms with van der Waals surface area (Å²) in [4.78, 5) is 27.3. The van der Waals surface area contributed by atoms with E-state index in [0.717, 1.165) is 5.56 Å². The fourth-order valence-corrected chi connectivity index (χ4v) is 5.63. The molecule has 1 N–H and O–H groups in total. The molecule has 10 heteroatoms. The molecule has 0 unspecified atom stereocenters. The number of carbonyl (C=O) groups is 2. The first-order valence-electron chi connectivity index (χ1n) is 10.7. The Hall–Kier alpha value is -2.46. The molecule has 0 radical (unpaired) electrons. The van der Waals surface area contributed by atoms with E-state index in [4.69, 9.17) is 16.3 Å². The van der Waals surface area contributed by atoms with Gasteiger partial charge in [0.05, 0.1) is 23.5 Å². The molecule has 0 bridgehead atoms. The van der Waals surface area contributed by atoms with Crippen molar-refractivity contribution in [2.75, 3.05) is 37.7 Å². The number of rotatable bonds is 6. The lowest BCUT2D eigenvalue weighted by atomic mass is 9.86. The maximum absolute atomic E-state index is 13.1. The second-order valence-electron chi connectivity index (χ2n) is 8.61. The number of amides is 2. The Morgan fingerprint density at radius 2 is 1.79 bits per heavy atom. The van der Waals surface area contributed by atoms with E-state index in [9.17, 15) is 18.0 Å². The van der Waals surface area contributed by atoms with Crippen LogP contribution in [0.3, 0.4) is 0 Å². The van der Waals surface area contributed by atoms with Crippen LogP contribution in [0.1, 0.15) is 25.0 Å². The number of carbonyl (C=O) groups excluding carboxylic acids is 2. The Kier molecular flexibility index (Phi) is 6.50. The summed E-state index contributed by atoms with van der Waals surface area (Å²) < 4.78 is 32.8. The molecule has 2 heterocycles. The van der Waals surface area contributed by atoms with Crippen LogP contribution in [-0.4, -0.2) is 57.4 Å². The summed E-state index contributed by atoms with van der Waals surface area (Å²) >= 11 is 5.88. The largest absolute Gasteiger partial charge is 0.379 e. The van der Waals surface area contributed by atoms with E-state index in [0.29, 0.717) is 49.1 Å². The zero-order valence-corrected chi connectivity index (χ0v) is 20.1. The molecule has 0 spiro atoms. The summed E-state index contributed by atoms with van der Waals surface area (Å²) in [5, 5.41) is 3.42. The lowest BCUT2D eigenvalue weighted by Crippen LogP contribution is -2.42. The number of fused-ring (bicyclic) bond motifs is 1. The second-order valence-corrected chi connectivity index (χ2v) is 11.0. The summed E-state index contributed by atoms with van der Waals surface area (Å²) in [6.45, 7) is 4.93. The third-order valence-electron chi connectivity index (χ3n) is 6.02. The minimum Gasteiger partial charge on any atom is -0.379 e. The molecule has 2 aromatic rings. The number of ether oxygens (including phenoxy) is 1. The molecule has 1 saturated heterocycles. The second kappa shape index (κ2) is 9.06. The first kappa shape index (κ1) is 23.7. The molecule has 0 saturated carbocycles. The Balaban J connectivity index is 1.53. The van der Waals surface area contributed by atoms with Crippen molar-refractivity contribution in [1.29, 1.82) is 0 Å². The summed E-state index contributed by atoms with van der Waals surface area (Å²) in [5.74, 6) is -0.563. The third kappa shape index (κ3) is 4.63. The Labute approximate surface area is 198 Å². The number of benzene rings is 2. The normalized spacial score (nSPS) is 18.3. The zero-order valence-electron chi connectivity index (χ0n) is 18.5. The van der Waals surface area contributed by atoms with Gasteiger partial charge in [-0.1, -0.05) is 23.7 Å². The molecular weight excluding hydrogens is 466 g/mol. The van der Waals surface area contributed by atoms with Crippen molar-refractivity contribution in [3.63, 3.8) is 0 Å². The van der Waals surface area contributed by atoms with Gasteiger partial charge in [0.15, 0.2) is 0 Å². The Bertz CT molecular complexity index is 1180. The highest BCUT2D eigenvalue weighted by Gasteiger charge is 2.45. The van der Waals surface area contributed by atoms with E-state index in [1.165, 1.54) is 15.3 Å². The van der Waals surface area contributed by atoms with Crippen molar-refractivity contribution in [1.82, 2.24) is 9.62 Å². The van der Waals surface area contributed by atoms with Crippen molar-refractivity contribution in [2.45, 2.75) is 30.7 Å². The number of halogens is 1. The van der Waals surface area contributed by atoms with E-state index in [2.05, 4.69) is 5.32 Å². The van der Waals surface area contributed by atoms with Gasteiger partial charge in [0.25, 0.3) is 0 Å². The van der Waals surface area contributed by atoms with Gasteiger partial charge >= 0.3 is 0 Å². The van der Waals surface area contributed by atoms with Gasteiger partial charge in [-0.05, 0) is 55.3 Å². The summed E-state index contributed by atoms with van der Waals surface area (Å²) in [5.41, 5.74) is 1.07. The van der Waals surface area contributed by atoms with E-state index in [-0.39, 0.29) is 23.3 Å². The third-order valence-corrected chi connectivity index (χ3v) is 8.17. The highest BCUT2D eigenvalue weighted by atomic mass is 35.5. The number of hydrogen-bond donors (Lipinski definition) is 1. The van der Waals surface area contributed by atoms with Crippen molar-refractivity contribution >= 4 is 39.1 Å². The number of nitrogens with zero attached hydrogens (tertiary/aromatic N) is 2. The fourth-order valence-electron chi connectivity index (χ4n) is 4.07. The number of anilines is 1. The van der Waals surface area contributed by atoms with E-state index >= 15 is 0 Å². The van der Waals surface area contributed by atoms with Crippen molar-refractivity contribution in [2.24, 2.45) is 0 Å². The number of nitrogens with one attached hydrogen (secondary N) is 1. The van der Waals surface area contributed by atoms with Gasteiger partial charge < -0.3 is 15.0 Å². The van der Waals surface area contributed by atoms with Crippen LogP contribution in [-0.2, 0) is 36.3 Å². The van der Waals surface area contributed by atoms with Crippen LogP contribution < -0.4 is 10.2 Å². The van der Waals surface area contributed by atoms with Gasteiger partial charge in [-0.25, -0.2) is 8.42 Å². The van der Waals surface area contributed by atoms with Gasteiger partial charge in [-0.15, -0.1) is 0 Å². The number of morpholine rings is 1. The van der Waals surface area contributed by atoms with Crippen LogP contribution in [0.5, 0.6) is 0 Å². The predicted octanol–water partition coefficient (Wildman–Crippen LogP) is 2.30. The van der Waals surface area contributed by atoms with Crippen LogP contribution in [0.25, 0.3) is 0 Å². The Morgan fingerprint density at radius 3 is 2.45 bits per heavy atom. The molecule has 8 nitrogen and oxygen atoms in total. The van der Waals surface area contributed by atoms with Gasteiger partial charge in [0.1, 0.15) is 6.54 Å². The SMILES string of the molecule is CC1(C)C(=O)N(CC(=O)NCc2ccc(Cl)cc2)c2ccc(S(=O)(=O)N3CCOCC3)cc21. The van der Waals surface area contributed by atoms with Crippen LogP contribution in [0.4, 0.5) is 5.69 Å². The zero-order chi connectivity index (χ0) is 23.8. The highest BCUT2D eigenvalue weighted by molar-refractivity contribution is 7.89. The molecule has 0 aromatic heterocycles. The van der Waals surface area contributed by atoms with E-state index in [1.807, 2.05) is 12.1 Å². The van der Waals surface area contributed by atoms with E-state index in [1.54, 1.807) is 38.1 Å². The quantitative estimate of drug-likeness (QED) is 0.669. The van der Waals surface area contributed by atoms with Crippen LogP contribution in [0, 0.1) is 0 Å². The highest BCUT2D eigenvalue weighted by Crippen LogP contribution is 2.42. The van der Waals surface area contributed by atoms with Gasteiger partial charge in [0.2, 0.25) is 21.8 Å². The molecule has 2 aliphatic rings. The van der Waals surface area contributed by atoms with Gasteiger partial charge in [-0.3, -0.25) is 9.59 Å². The number of sulfonamides is 1. The standard InChI is InChI=1S/C23H26ClN3O5S/c1-23(2)19-13-18(33(30,31)26-9-11-32-12-10-26)7-8-20(19)27(22(23)29)15-21(28)25-14-16-3-5-17(24)6-4-16/h3-8,13H,9-12,14-15H2,1-2H3,(H,25,28). The molecule has 1 fully saturated rings. The van der Waals surface area contributed by atoms with Crippen molar-refractivity contribution < 1.29 is 22.7 Å². The Morgan fingerprint density at radius 1 is 1.12 bits per heavy atom. The molecule has 0 atom stereocenters. The monoisotopic (exact) mass is 491 g/mol. The lowest BCUT2D eigenvalue weighted by molar-refractivity contribution is -0.125. The fraction of sp³-hybridized carbons (Fsp3) is 0.391. The van der Waals surface area contributed by atoms with Crippen molar-refractivity contribution in [3.05, 3.63) is 58.6 Å². The minimum atomic E-state index is -3.70. The average molecular weight is 492 g/mol. The van der Waals surface area contributed by atoms with Crippen LogP contribution in [0.2, 0.25) is 5.02 Å². The topological polar surface area (TPSA) is 96.0 Å². The van der Waals surface area contributed by atoms with E-state index < -0.39 is 15.4 Å².